The Morgan fingerprint density at radius 1 is 0.952 bits per heavy atom. The van der Waals surface area contributed by atoms with Crippen LogP contribution < -0.4 is 5.32 Å². The van der Waals surface area contributed by atoms with Crippen molar-refractivity contribution in [3.8, 4) is 0 Å². The topological polar surface area (TPSA) is 12.0 Å². The average molecular weight is 311 g/mol. The van der Waals surface area contributed by atoms with Crippen LogP contribution in [0.1, 0.15) is 16.7 Å². The van der Waals surface area contributed by atoms with E-state index in [1.807, 2.05) is 13.8 Å². The summed E-state index contributed by atoms with van der Waals surface area (Å²) in [4.78, 5) is 0.194. The Bertz CT molecular complexity index is 586. The Kier molecular flexibility index (Phi) is 4.83. The number of hydrogen-bond acceptors (Lipinski definition) is 2. The Balaban J connectivity index is 1.97. The van der Waals surface area contributed by atoms with Crippen molar-refractivity contribution >= 4 is 17.4 Å². The zero-order chi connectivity index (χ0) is 15.5. The van der Waals surface area contributed by atoms with Gasteiger partial charge in [0.15, 0.2) is 0 Å². The molecule has 2 rings (SSSR count). The van der Waals surface area contributed by atoms with Crippen LogP contribution in [0.5, 0.6) is 0 Å². The van der Waals surface area contributed by atoms with Crippen LogP contribution in [0.4, 0.5) is 18.9 Å². The summed E-state index contributed by atoms with van der Waals surface area (Å²) in [5, 5.41) is 3.21. The largest absolute Gasteiger partial charge is 0.446 e. The van der Waals surface area contributed by atoms with Crippen LogP contribution in [0.15, 0.2) is 47.4 Å². The number of thioether (sulfide) groups is 1. The molecule has 1 nitrogen and oxygen atoms in total. The van der Waals surface area contributed by atoms with Crippen molar-refractivity contribution < 1.29 is 13.2 Å². The molecular weight excluding hydrogens is 295 g/mol. The third-order valence-corrected chi connectivity index (χ3v) is 3.61. The van der Waals surface area contributed by atoms with Crippen molar-refractivity contribution in [3.05, 3.63) is 59.2 Å². The lowest BCUT2D eigenvalue weighted by Crippen LogP contribution is -2.01. The Labute approximate surface area is 126 Å². The second-order valence-electron chi connectivity index (χ2n) is 4.92. The van der Waals surface area contributed by atoms with E-state index in [0.717, 1.165) is 11.3 Å². The molecule has 2 aromatic rings. The average Bonchev–Trinajstić information content (AvgIpc) is 2.35. The molecule has 0 spiro atoms. The van der Waals surface area contributed by atoms with Crippen LogP contribution in [0.3, 0.4) is 0 Å². The van der Waals surface area contributed by atoms with Crippen molar-refractivity contribution in [2.75, 3.05) is 5.32 Å². The smallest absolute Gasteiger partial charge is 0.381 e. The fraction of sp³-hybridized carbons (Fsp3) is 0.250. The summed E-state index contributed by atoms with van der Waals surface area (Å²) in [7, 11) is 0. The van der Waals surface area contributed by atoms with Gasteiger partial charge in [-0.15, -0.1) is 0 Å². The first-order chi connectivity index (χ1) is 9.82. The van der Waals surface area contributed by atoms with Gasteiger partial charge in [0.05, 0.1) is 0 Å². The van der Waals surface area contributed by atoms with Crippen LogP contribution in [0, 0.1) is 13.8 Å². The maximum absolute atomic E-state index is 12.2. The molecule has 0 atom stereocenters. The standard InChI is InChI=1S/C16H16F3NS/c1-11-7-12(2)9-13(8-11)10-20-14-3-5-15(6-4-14)21-16(17,18)19/h3-9,20H,10H2,1-2H3. The highest BCUT2D eigenvalue weighted by Gasteiger charge is 2.28. The van der Waals surface area contributed by atoms with Gasteiger partial charge < -0.3 is 5.32 Å². The SMILES string of the molecule is Cc1cc(C)cc(CNc2ccc(SC(F)(F)F)cc2)c1. The summed E-state index contributed by atoms with van der Waals surface area (Å²) < 4.78 is 36.7. The molecular formula is C16H16F3NS. The Morgan fingerprint density at radius 2 is 1.52 bits per heavy atom. The molecule has 0 unspecified atom stereocenters. The maximum atomic E-state index is 12.2. The highest BCUT2D eigenvalue weighted by Crippen LogP contribution is 2.37. The molecule has 0 saturated heterocycles. The van der Waals surface area contributed by atoms with Gasteiger partial charge in [-0.3, -0.25) is 0 Å². The molecule has 0 aliphatic rings. The summed E-state index contributed by atoms with van der Waals surface area (Å²) >= 11 is -0.1000. The number of aryl methyl sites for hydroxylation is 2. The van der Waals surface area contributed by atoms with E-state index in [1.54, 1.807) is 12.1 Å². The van der Waals surface area contributed by atoms with Crippen LogP contribution in [0.2, 0.25) is 0 Å². The molecule has 0 fully saturated rings. The maximum Gasteiger partial charge on any atom is 0.446 e. The molecule has 0 amide bonds. The number of hydrogen-bond donors (Lipinski definition) is 1. The normalized spacial score (nSPS) is 11.5. The first-order valence-corrected chi connectivity index (χ1v) is 7.30. The molecule has 2 aromatic carbocycles. The number of rotatable bonds is 4. The zero-order valence-electron chi connectivity index (χ0n) is 11.8. The van der Waals surface area contributed by atoms with E-state index in [2.05, 4.69) is 23.5 Å². The Morgan fingerprint density at radius 3 is 2.05 bits per heavy atom. The fourth-order valence-electron chi connectivity index (χ4n) is 2.15. The molecule has 5 heteroatoms. The minimum Gasteiger partial charge on any atom is -0.381 e. The van der Waals surface area contributed by atoms with Crippen molar-refractivity contribution in [1.29, 1.82) is 0 Å². The van der Waals surface area contributed by atoms with Crippen molar-refractivity contribution in [3.63, 3.8) is 0 Å². The van der Waals surface area contributed by atoms with Crippen molar-refractivity contribution in [2.45, 2.75) is 30.8 Å². The summed E-state index contributed by atoms with van der Waals surface area (Å²) in [6.45, 7) is 4.73. The lowest BCUT2D eigenvalue weighted by atomic mass is 10.1. The van der Waals surface area contributed by atoms with Crippen molar-refractivity contribution in [2.24, 2.45) is 0 Å². The molecule has 21 heavy (non-hydrogen) atoms. The van der Waals surface area contributed by atoms with E-state index in [-0.39, 0.29) is 16.7 Å². The van der Waals surface area contributed by atoms with Crippen LogP contribution in [-0.4, -0.2) is 5.51 Å². The van der Waals surface area contributed by atoms with E-state index in [4.69, 9.17) is 0 Å². The molecule has 0 saturated carbocycles. The first kappa shape index (κ1) is 15.8. The van der Waals surface area contributed by atoms with E-state index in [0.29, 0.717) is 6.54 Å². The van der Waals surface area contributed by atoms with Crippen molar-refractivity contribution in [1.82, 2.24) is 0 Å². The van der Waals surface area contributed by atoms with E-state index in [1.165, 1.54) is 23.3 Å². The minimum absolute atomic E-state index is 0.1000. The number of alkyl halides is 3. The molecule has 112 valence electrons. The minimum atomic E-state index is -4.24. The van der Waals surface area contributed by atoms with Gasteiger partial charge in [-0.25, -0.2) is 0 Å². The van der Waals surface area contributed by atoms with Gasteiger partial charge in [0.25, 0.3) is 0 Å². The molecule has 0 radical (unpaired) electrons. The number of benzene rings is 2. The van der Waals surface area contributed by atoms with Gasteiger partial charge in [0.2, 0.25) is 0 Å². The van der Waals surface area contributed by atoms with Crippen LogP contribution in [-0.2, 0) is 6.54 Å². The quantitative estimate of drug-likeness (QED) is 0.745. The molecule has 0 aromatic heterocycles. The van der Waals surface area contributed by atoms with Gasteiger partial charge in [0, 0.05) is 17.1 Å². The van der Waals surface area contributed by atoms with E-state index >= 15 is 0 Å². The molecule has 0 heterocycles. The summed E-state index contributed by atoms with van der Waals surface area (Å²) in [6.07, 6.45) is 0. The predicted molar refractivity (Wildman–Crippen MR) is 81.6 cm³/mol. The highest BCUT2D eigenvalue weighted by molar-refractivity contribution is 8.00. The van der Waals surface area contributed by atoms with Gasteiger partial charge >= 0.3 is 5.51 Å². The second kappa shape index (κ2) is 6.43. The molecule has 0 bridgehead atoms. The number of halogens is 3. The third-order valence-electron chi connectivity index (χ3n) is 2.87. The number of nitrogens with one attached hydrogen (secondary N) is 1. The lowest BCUT2D eigenvalue weighted by molar-refractivity contribution is -0.0328. The monoisotopic (exact) mass is 311 g/mol. The van der Waals surface area contributed by atoms with Gasteiger partial charge in [-0.05, 0) is 55.4 Å². The zero-order valence-corrected chi connectivity index (χ0v) is 12.6. The number of anilines is 1. The summed E-state index contributed by atoms with van der Waals surface area (Å²) in [6, 6.07) is 12.6. The Hall–Kier alpha value is -1.62. The molecule has 1 N–H and O–H groups in total. The van der Waals surface area contributed by atoms with Gasteiger partial charge in [0.1, 0.15) is 0 Å². The van der Waals surface area contributed by atoms with Gasteiger partial charge in [-0.2, -0.15) is 13.2 Å². The first-order valence-electron chi connectivity index (χ1n) is 6.49. The van der Waals surface area contributed by atoms with Crippen LogP contribution in [0.25, 0.3) is 0 Å². The summed E-state index contributed by atoms with van der Waals surface area (Å²) in [5.41, 5.74) is 0.114. The lowest BCUT2D eigenvalue weighted by Gasteiger charge is -2.10. The predicted octanol–water partition coefficient (Wildman–Crippen LogP) is 5.53. The fourth-order valence-corrected chi connectivity index (χ4v) is 2.69. The van der Waals surface area contributed by atoms with E-state index in [9.17, 15) is 13.2 Å². The van der Waals surface area contributed by atoms with Crippen LogP contribution >= 0.6 is 11.8 Å². The van der Waals surface area contributed by atoms with Gasteiger partial charge in [-0.1, -0.05) is 29.3 Å². The highest BCUT2D eigenvalue weighted by atomic mass is 32.2. The van der Waals surface area contributed by atoms with E-state index < -0.39 is 5.51 Å². The summed E-state index contributed by atoms with van der Waals surface area (Å²) in [5.74, 6) is 0. The third kappa shape index (κ3) is 5.34. The second-order valence-corrected chi connectivity index (χ2v) is 6.06. The molecule has 0 aliphatic carbocycles. The molecule has 0 aliphatic heterocycles.